The second kappa shape index (κ2) is 5.68. The van der Waals surface area contributed by atoms with E-state index < -0.39 is 0 Å². The van der Waals surface area contributed by atoms with E-state index in [0.29, 0.717) is 12.1 Å². The smallest absolute Gasteiger partial charge is 0.0391 e. The monoisotopic (exact) mass is 259 g/mol. The highest BCUT2D eigenvalue weighted by molar-refractivity contribution is 7.12. The summed E-state index contributed by atoms with van der Waals surface area (Å²) in [6, 6.07) is 13.9. The van der Waals surface area contributed by atoms with E-state index in [-0.39, 0.29) is 0 Å². The largest absolute Gasteiger partial charge is 0.303 e. The van der Waals surface area contributed by atoms with Gasteiger partial charge in [-0.15, -0.1) is 11.3 Å². The molecular weight excluding hydrogens is 238 g/mol. The van der Waals surface area contributed by atoms with Crippen LogP contribution < -0.4 is 5.32 Å². The molecule has 0 aliphatic rings. The Morgan fingerprint density at radius 3 is 2.39 bits per heavy atom. The summed E-state index contributed by atoms with van der Waals surface area (Å²) in [4.78, 5) is 2.79. The summed E-state index contributed by atoms with van der Waals surface area (Å²) in [7, 11) is 0. The molecule has 0 amide bonds. The Labute approximate surface area is 114 Å². The van der Waals surface area contributed by atoms with Crippen molar-refractivity contribution in [2.45, 2.75) is 39.8 Å². The van der Waals surface area contributed by atoms with Gasteiger partial charge in [0.2, 0.25) is 0 Å². The predicted octanol–water partition coefficient (Wildman–Crippen LogP) is 4.78. The van der Waals surface area contributed by atoms with Gasteiger partial charge in [-0.2, -0.15) is 0 Å². The van der Waals surface area contributed by atoms with Crippen molar-refractivity contribution in [1.82, 2.24) is 5.32 Å². The fourth-order valence-corrected chi connectivity index (χ4v) is 3.07. The first-order valence-corrected chi connectivity index (χ1v) is 7.27. The highest BCUT2D eigenvalue weighted by Gasteiger charge is 2.12. The van der Waals surface area contributed by atoms with Gasteiger partial charge >= 0.3 is 0 Å². The maximum absolute atomic E-state index is 3.66. The molecule has 0 aliphatic carbocycles. The van der Waals surface area contributed by atoms with Crippen LogP contribution in [0, 0.1) is 13.8 Å². The fraction of sp³-hybridized carbons (Fsp3) is 0.375. The van der Waals surface area contributed by atoms with Crippen LogP contribution in [0.2, 0.25) is 0 Å². The number of benzene rings is 1. The molecule has 0 aliphatic heterocycles. The zero-order chi connectivity index (χ0) is 13.1. The van der Waals surface area contributed by atoms with Crippen molar-refractivity contribution in [2.24, 2.45) is 0 Å². The van der Waals surface area contributed by atoms with Crippen molar-refractivity contribution >= 4 is 11.3 Å². The van der Waals surface area contributed by atoms with E-state index >= 15 is 0 Å². The van der Waals surface area contributed by atoms with Crippen molar-refractivity contribution < 1.29 is 0 Å². The molecule has 2 aromatic rings. The first-order chi connectivity index (χ1) is 8.56. The highest BCUT2D eigenvalue weighted by atomic mass is 32.1. The van der Waals surface area contributed by atoms with Gasteiger partial charge in [-0.1, -0.05) is 29.8 Å². The molecule has 0 saturated heterocycles. The Balaban J connectivity index is 2.05. The molecule has 0 saturated carbocycles. The zero-order valence-electron chi connectivity index (χ0n) is 11.5. The quantitative estimate of drug-likeness (QED) is 0.833. The van der Waals surface area contributed by atoms with Crippen LogP contribution >= 0.6 is 11.3 Å². The molecule has 0 bridgehead atoms. The molecule has 0 fully saturated rings. The number of nitrogens with one attached hydrogen (secondary N) is 1. The third-order valence-electron chi connectivity index (χ3n) is 3.23. The van der Waals surface area contributed by atoms with Crippen molar-refractivity contribution in [3.05, 3.63) is 57.3 Å². The van der Waals surface area contributed by atoms with Gasteiger partial charge in [-0.3, -0.25) is 0 Å². The molecular formula is C16H21NS. The van der Waals surface area contributed by atoms with E-state index in [1.54, 1.807) is 0 Å². The van der Waals surface area contributed by atoms with Crippen LogP contribution in [0.3, 0.4) is 0 Å². The van der Waals surface area contributed by atoms with Gasteiger partial charge in [0.15, 0.2) is 0 Å². The molecule has 2 rings (SSSR count). The van der Waals surface area contributed by atoms with Gasteiger partial charge in [0.25, 0.3) is 0 Å². The predicted molar refractivity (Wildman–Crippen MR) is 80.2 cm³/mol. The minimum absolute atomic E-state index is 0.377. The average Bonchev–Trinajstić information content (AvgIpc) is 2.76. The maximum atomic E-state index is 3.66. The Bertz CT molecular complexity index is 515. The molecule has 1 nitrogen and oxygen atoms in total. The first-order valence-electron chi connectivity index (χ1n) is 6.45. The van der Waals surface area contributed by atoms with Crippen molar-refractivity contribution in [3.63, 3.8) is 0 Å². The second-order valence-corrected chi connectivity index (χ2v) is 6.29. The summed E-state index contributed by atoms with van der Waals surface area (Å²) in [6.45, 7) is 8.76. The van der Waals surface area contributed by atoms with Crippen LogP contribution in [-0.2, 0) is 0 Å². The van der Waals surface area contributed by atoms with Crippen LogP contribution in [0.1, 0.15) is 46.8 Å². The molecule has 2 atom stereocenters. The van der Waals surface area contributed by atoms with Crippen LogP contribution in [0.5, 0.6) is 0 Å². The molecule has 0 radical (unpaired) electrons. The summed E-state index contributed by atoms with van der Waals surface area (Å²) < 4.78 is 0. The molecule has 2 unspecified atom stereocenters. The van der Waals surface area contributed by atoms with Crippen LogP contribution in [0.25, 0.3) is 0 Å². The highest BCUT2D eigenvalue weighted by Crippen LogP contribution is 2.25. The molecule has 96 valence electrons. The van der Waals surface area contributed by atoms with Gasteiger partial charge in [-0.25, -0.2) is 0 Å². The van der Waals surface area contributed by atoms with Gasteiger partial charge in [0.05, 0.1) is 0 Å². The summed E-state index contributed by atoms with van der Waals surface area (Å²) >= 11 is 1.87. The van der Waals surface area contributed by atoms with E-state index in [0.717, 1.165) is 0 Å². The molecule has 1 N–H and O–H groups in total. The Morgan fingerprint density at radius 2 is 1.78 bits per heavy atom. The summed E-state index contributed by atoms with van der Waals surface area (Å²) in [5, 5.41) is 3.66. The number of thiophene rings is 1. The number of hydrogen-bond donors (Lipinski definition) is 1. The van der Waals surface area contributed by atoms with Gasteiger partial charge in [-0.05, 0) is 45.4 Å². The minimum atomic E-state index is 0.377. The molecule has 1 aromatic heterocycles. The maximum Gasteiger partial charge on any atom is 0.0391 e. The van der Waals surface area contributed by atoms with Crippen molar-refractivity contribution in [1.29, 1.82) is 0 Å². The van der Waals surface area contributed by atoms with E-state index in [1.165, 1.54) is 20.9 Å². The van der Waals surface area contributed by atoms with Crippen LogP contribution in [0.15, 0.2) is 36.4 Å². The normalized spacial score (nSPS) is 14.4. The second-order valence-electron chi connectivity index (χ2n) is 4.97. The first kappa shape index (κ1) is 13.3. The van der Waals surface area contributed by atoms with Crippen molar-refractivity contribution in [3.8, 4) is 0 Å². The average molecular weight is 259 g/mol. The zero-order valence-corrected chi connectivity index (χ0v) is 12.3. The van der Waals surface area contributed by atoms with E-state index in [1.807, 2.05) is 11.3 Å². The lowest BCUT2D eigenvalue weighted by molar-refractivity contribution is 0.500. The Morgan fingerprint density at radius 1 is 1.00 bits per heavy atom. The third kappa shape index (κ3) is 3.21. The van der Waals surface area contributed by atoms with Crippen LogP contribution in [-0.4, -0.2) is 0 Å². The van der Waals surface area contributed by atoms with E-state index in [4.69, 9.17) is 0 Å². The molecule has 18 heavy (non-hydrogen) atoms. The van der Waals surface area contributed by atoms with Gasteiger partial charge in [0, 0.05) is 21.8 Å². The lowest BCUT2D eigenvalue weighted by atomic mass is 10.0. The molecule has 1 aromatic carbocycles. The number of rotatable bonds is 4. The molecule has 2 heteroatoms. The topological polar surface area (TPSA) is 12.0 Å². The minimum Gasteiger partial charge on any atom is -0.303 e. The molecule has 1 heterocycles. The summed E-state index contributed by atoms with van der Waals surface area (Å²) in [6.07, 6.45) is 0. The fourth-order valence-electron chi connectivity index (χ4n) is 2.18. The Hall–Kier alpha value is -1.12. The van der Waals surface area contributed by atoms with Crippen LogP contribution in [0.4, 0.5) is 0 Å². The number of aryl methyl sites for hydroxylation is 2. The molecule has 0 spiro atoms. The van der Waals surface area contributed by atoms with Gasteiger partial charge in [0.1, 0.15) is 0 Å². The van der Waals surface area contributed by atoms with E-state index in [9.17, 15) is 0 Å². The standard InChI is InChI=1S/C16H21NS/c1-11-6-5-7-15(10-11)13(3)17-14(4)16-9-8-12(2)18-16/h5-10,13-14,17H,1-4H3. The number of hydrogen-bond acceptors (Lipinski definition) is 2. The van der Waals surface area contributed by atoms with Gasteiger partial charge < -0.3 is 5.32 Å². The van der Waals surface area contributed by atoms with Crippen molar-refractivity contribution in [2.75, 3.05) is 0 Å². The lowest BCUT2D eigenvalue weighted by Gasteiger charge is -2.20. The summed E-state index contributed by atoms with van der Waals surface area (Å²) in [5.41, 5.74) is 2.68. The van der Waals surface area contributed by atoms with E-state index in [2.05, 4.69) is 69.4 Å². The Kier molecular flexibility index (Phi) is 4.20. The lowest BCUT2D eigenvalue weighted by Crippen LogP contribution is -2.21. The third-order valence-corrected chi connectivity index (χ3v) is 4.41. The SMILES string of the molecule is Cc1cccc(C(C)NC(C)c2ccc(C)s2)c1. The summed E-state index contributed by atoms with van der Waals surface area (Å²) in [5.74, 6) is 0.